The van der Waals surface area contributed by atoms with Crippen molar-refractivity contribution >= 4 is 44.3 Å². The Bertz CT molecular complexity index is 1560. The maximum atomic E-state index is 13.6. The van der Waals surface area contributed by atoms with Gasteiger partial charge in [-0.2, -0.15) is 13.2 Å². The number of pyridine rings is 1. The molecule has 0 saturated heterocycles. The van der Waals surface area contributed by atoms with Gasteiger partial charge in [0, 0.05) is 45.4 Å². The second kappa shape index (κ2) is 12.9. The van der Waals surface area contributed by atoms with Gasteiger partial charge in [0.05, 0.1) is 30.5 Å². The van der Waals surface area contributed by atoms with Gasteiger partial charge in [0.2, 0.25) is 0 Å². The second-order valence-corrected chi connectivity index (χ2v) is 10.7. The lowest BCUT2D eigenvalue weighted by molar-refractivity contribution is -0.138. The topological polar surface area (TPSA) is 87.4 Å². The van der Waals surface area contributed by atoms with Crippen molar-refractivity contribution in [1.29, 1.82) is 0 Å². The predicted molar refractivity (Wildman–Crippen MR) is 151 cm³/mol. The lowest BCUT2D eigenvalue weighted by Crippen LogP contribution is -2.32. The molecule has 0 aliphatic carbocycles. The molecule has 0 aliphatic rings. The molecule has 3 N–H and O–H groups in total. The third-order valence-electron chi connectivity index (χ3n) is 6.38. The minimum atomic E-state index is -4.78. The summed E-state index contributed by atoms with van der Waals surface area (Å²) < 4.78 is 69.2. The van der Waals surface area contributed by atoms with Crippen LogP contribution in [0.3, 0.4) is 0 Å². The van der Waals surface area contributed by atoms with Crippen LogP contribution in [0.2, 0.25) is 0 Å². The molecule has 2 aromatic heterocycles. The zero-order chi connectivity index (χ0) is 30.7. The number of thioether (sulfide) groups is 1. The van der Waals surface area contributed by atoms with Gasteiger partial charge in [-0.05, 0) is 59.5 Å². The molecular weight excluding hydrogens is 575 g/mol. The van der Waals surface area contributed by atoms with E-state index in [2.05, 4.69) is 10.3 Å². The van der Waals surface area contributed by atoms with Gasteiger partial charge in [0.1, 0.15) is 28.2 Å². The average molecular weight is 599 g/mol. The summed E-state index contributed by atoms with van der Waals surface area (Å²) in [5, 5.41) is 20.7. The molecule has 1 unspecified atom stereocenters. The molecule has 0 spiro atoms. The monoisotopic (exact) mass is 599 g/mol. The Kier molecular flexibility index (Phi) is 9.69. The number of amides is 1. The Morgan fingerprint density at radius 2 is 1.86 bits per heavy atom. The first-order valence-electron chi connectivity index (χ1n) is 12.6. The molecule has 1 atom stereocenters. The Morgan fingerprint density at radius 1 is 1.10 bits per heavy atom. The molecule has 4 aromatic rings. The van der Waals surface area contributed by atoms with Crippen LogP contribution < -0.4 is 5.32 Å². The van der Waals surface area contributed by atoms with Crippen LogP contribution in [0.5, 0.6) is 0 Å². The first-order chi connectivity index (χ1) is 19.8. The third kappa shape index (κ3) is 7.73. The fourth-order valence-electron chi connectivity index (χ4n) is 4.46. The van der Waals surface area contributed by atoms with Crippen molar-refractivity contribution in [3.05, 3.63) is 94.7 Å². The number of carbonyl (C=O) groups is 1. The van der Waals surface area contributed by atoms with Crippen LogP contribution in [-0.4, -0.2) is 65.8 Å². The summed E-state index contributed by atoms with van der Waals surface area (Å²) >= 11 is 1.17. The minimum absolute atomic E-state index is 0.0127. The number of benzene rings is 2. The van der Waals surface area contributed by atoms with E-state index >= 15 is 0 Å². The highest BCUT2D eigenvalue weighted by Crippen LogP contribution is 2.34. The van der Waals surface area contributed by atoms with Crippen molar-refractivity contribution in [2.45, 2.75) is 35.5 Å². The predicted octanol–water partition coefficient (Wildman–Crippen LogP) is 4.29. The number of nitrogens with one attached hydrogen (secondary N) is 1. The molecule has 6 nitrogen and oxygen atoms in total. The van der Waals surface area contributed by atoms with Crippen molar-refractivity contribution in [3.8, 4) is 0 Å². The number of aliphatic hydroxyl groups is 2. The normalized spacial score (nSPS) is 12.9. The van der Waals surface area contributed by atoms with Crippen molar-refractivity contribution in [2.75, 3.05) is 19.0 Å². The van der Waals surface area contributed by atoms with Crippen LogP contribution in [0.15, 0.2) is 65.7 Å². The molecule has 42 heavy (non-hydrogen) atoms. The zero-order valence-corrected chi connectivity index (χ0v) is 22.9. The summed E-state index contributed by atoms with van der Waals surface area (Å²) in [6.07, 6.45) is -3.54. The number of nitrogens with zero attached hydrogens (tertiary/aromatic N) is 2. The number of hydrogen-bond donors (Lipinski definition) is 3. The number of hydrogen-bond acceptors (Lipinski definition) is 5. The number of rotatable bonds is 11. The maximum absolute atomic E-state index is 13.6. The molecule has 14 heteroatoms. The second-order valence-electron chi connectivity index (χ2n) is 9.63. The van der Waals surface area contributed by atoms with Gasteiger partial charge in [0.15, 0.2) is 0 Å². The molecule has 0 saturated carbocycles. The van der Waals surface area contributed by atoms with Crippen LogP contribution in [0.1, 0.15) is 38.9 Å². The highest BCUT2D eigenvalue weighted by Gasteiger charge is 2.34. The summed E-state index contributed by atoms with van der Waals surface area (Å²) in [6, 6.07) is 10.9. The minimum Gasteiger partial charge on any atom is -0.408 e. The van der Waals surface area contributed by atoms with Gasteiger partial charge in [-0.1, -0.05) is 6.07 Å². The molecule has 2 heterocycles. The molecule has 0 aliphatic heterocycles. The number of alkyl halides is 4. The molecule has 0 fully saturated rings. The lowest BCUT2D eigenvalue weighted by Gasteiger charge is -2.18. The Morgan fingerprint density at radius 3 is 2.48 bits per heavy atom. The van der Waals surface area contributed by atoms with Gasteiger partial charge in [-0.3, -0.25) is 9.78 Å². The summed E-state index contributed by atoms with van der Waals surface area (Å²) in [5.41, 5.74) is 0.133. The maximum Gasteiger partial charge on any atom is 0.416 e. The Labute approximate surface area is 245 Å². The fourth-order valence-corrected chi connectivity index (χ4v) is 5.15. The quantitative estimate of drug-likeness (QED) is 0.136. The summed E-state index contributed by atoms with van der Waals surface area (Å²) in [5.74, 6) is -1.56. The number of fused-ring (bicyclic) bond motifs is 1. The largest absolute Gasteiger partial charge is 0.416 e. The van der Waals surface area contributed by atoms with E-state index in [1.807, 2.05) is 0 Å². The van der Waals surface area contributed by atoms with Gasteiger partial charge in [-0.15, -0.1) is 11.8 Å². The van der Waals surface area contributed by atoms with Crippen LogP contribution in [0.25, 0.3) is 10.9 Å². The van der Waals surface area contributed by atoms with Crippen LogP contribution in [0.4, 0.5) is 22.0 Å². The third-order valence-corrected chi connectivity index (χ3v) is 7.56. The van der Waals surface area contributed by atoms with E-state index in [9.17, 15) is 37.0 Å². The average Bonchev–Trinajstić information content (AvgIpc) is 3.27. The van der Waals surface area contributed by atoms with Crippen molar-refractivity contribution in [3.63, 3.8) is 0 Å². The Hall–Kier alpha value is -3.35. The van der Waals surface area contributed by atoms with E-state index in [1.54, 1.807) is 24.3 Å². The fraction of sp³-hybridized carbons (Fsp3) is 0.286. The van der Waals surface area contributed by atoms with Gasteiger partial charge in [-0.25, -0.2) is 8.78 Å². The van der Waals surface area contributed by atoms with Crippen molar-refractivity contribution < 1.29 is 37.0 Å². The van der Waals surface area contributed by atoms with Crippen molar-refractivity contribution in [2.24, 2.45) is 0 Å². The van der Waals surface area contributed by atoms with Gasteiger partial charge in [0.25, 0.3) is 5.91 Å². The molecule has 216 valence electrons. The van der Waals surface area contributed by atoms with Crippen molar-refractivity contribution in [1.82, 2.24) is 14.9 Å². The standard InChI is InChI=1S/C28H24B2F5N3O3S/c29-27(30,41)15-42-21-4-5-23(36-13-21)24(14-39)37-26(40)17-2-6-25-18(9-17)11-20(38(25)8-7-31)10-16-1-3-19(32)12-22(16)28(33,34)35/h1-6,9,11-13,24,39,41H,7-8,10,14-15H2,(H,37,40). The van der Waals surface area contributed by atoms with Crippen LogP contribution in [-0.2, 0) is 19.1 Å². The summed E-state index contributed by atoms with van der Waals surface area (Å²) in [4.78, 5) is 18.0. The highest BCUT2D eigenvalue weighted by molar-refractivity contribution is 7.99. The Balaban J connectivity index is 1.57. The number of aliphatic hydroxyl groups excluding tert-OH is 1. The van der Waals surface area contributed by atoms with Crippen LogP contribution >= 0.6 is 11.8 Å². The van der Waals surface area contributed by atoms with E-state index in [0.717, 1.165) is 12.1 Å². The van der Waals surface area contributed by atoms with E-state index in [-0.39, 0.29) is 29.8 Å². The van der Waals surface area contributed by atoms with Gasteiger partial charge < -0.3 is 20.1 Å². The van der Waals surface area contributed by atoms with E-state index in [4.69, 9.17) is 15.7 Å². The zero-order valence-electron chi connectivity index (χ0n) is 22.0. The number of carbonyl (C=O) groups excluding carboxylic acids is 1. The SMILES string of the molecule is [B]C([B])(O)CSc1ccc(C(CO)NC(=O)c2ccc3c(c2)cc(Cc2ccc(F)cc2C(F)(F)F)n3CCF)nc1. The van der Waals surface area contributed by atoms with Crippen LogP contribution in [0, 0.1) is 5.82 Å². The summed E-state index contributed by atoms with van der Waals surface area (Å²) in [6.45, 7) is -1.37. The lowest BCUT2D eigenvalue weighted by atomic mass is 9.67. The van der Waals surface area contributed by atoms with E-state index in [0.29, 0.717) is 33.3 Å². The van der Waals surface area contributed by atoms with E-state index < -0.39 is 48.2 Å². The highest BCUT2D eigenvalue weighted by atomic mass is 32.2. The smallest absolute Gasteiger partial charge is 0.408 e. The van der Waals surface area contributed by atoms with Gasteiger partial charge >= 0.3 is 6.18 Å². The number of aryl methyl sites for hydroxylation is 1. The summed E-state index contributed by atoms with van der Waals surface area (Å²) in [7, 11) is 10.7. The molecule has 4 radical (unpaired) electrons. The molecular formula is C28H24B2F5N3O3S. The molecule has 4 rings (SSSR count). The first-order valence-corrected chi connectivity index (χ1v) is 13.6. The molecule has 1 amide bonds. The number of halogens is 5. The molecule has 0 bridgehead atoms. The van der Waals surface area contributed by atoms with E-state index in [1.165, 1.54) is 34.7 Å². The number of aromatic nitrogens is 2. The molecule has 2 aromatic carbocycles. The first kappa shape index (κ1) is 31.6.